The highest BCUT2D eigenvalue weighted by atomic mass is 16.5. The molecule has 10 heteroatoms. The van der Waals surface area contributed by atoms with Crippen molar-refractivity contribution in [2.75, 3.05) is 33.6 Å². The van der Waals surface area contributed by atoms with Crippen molar-refractivity contribution in [2.45, 2.75) is 32.6 Å². The van der Waals surface area contributed by atoms with Gasteiger partial charge in [-0.3, -0.25) is 4.79 Å². The summed E-state index contributed by atoms with van der Waals surface area (Å²) >= 11 is 0. The summed E-state index contributed by atoms with van der Waals surface area (Å²) in [5, 5.41) is 7.54. The second kappa shape index (κ2) is 11.6. The average Bonchev–Trinajstić information content (AvgIpc) is 3.19. The lowest BCUT2D eigenvalue weighted by molar-refractivity contribution is 0.0955. The first-order chi connectivity index (χ1) is 18.0. The molecule has 0 unspecified atom stereocenters. The zero-order valence-electron chi connectivity index (χ0n) is 21.6. The Kier molecular flexibility index (Phi) is 8.07. The fourth-order valence-electron chi connectivity index (χ4n) is 4.13. The van der Waals surface area contributed by atoms with Crippen molar-refractivity contribution in [3.8, 4) is 17.2 Å². The van der Waals surface area contributed by atoms with Crippen LogP contribution in [0.25, 0.3) is 22.2 Å². The van der Waals surface area contributed by atoms with E-state index < -0.39 is 0 Å². The van der Waals surface area contributed by atoms with Crippen LogP contribution in [0.2, 0.25) is 0 Å². The molecule has 2 heterocycles. The number of amides is 1. The third-order valence-corrected chi connectivity index (χ3v) is 6.03. The molecule has 0 aliphatic rings. The van der Waals surface area contributed by atoms with Gasteiger partial charge >= 0.3 is 0 Å². The van der Waals surface area contributed by atoms with E-state index >= 15 is 0 Å². The Morgan fingerprint density at radius 2 is 1.70 bits per heavy atom. The molecule has 4 rings (SSSR count). The van der Waals surface area contributed by atoms with Gasteiger partial charge in [0.25, 0.3) is 5.91 Å². The predicted octanol–water partition coefficient (Wildman–Crippen LogP) is 4.38. The molecule has 0 radical (unpaired) electrons. The zero-order valence-corrected chi connectivity index (χ0v) is 21.6. The Morgan fingerprint density at radius 1 is 1.03 bits per heavy atom. The van der Waals surface area contributed by atoms with Crippen LogP contribution in [-0.2, 0) is 0 Å². The van der Waals surface area contributed by atoms with Gasteiger partial charge in [0.15, 0.2) is 17.1 Å². The third-order valence-electron chi connectivity index (χ3n) is 6.03. The molecular weight excluding hydrogens is 472 g/mol. The van der Waals surface area contributed by atoms with Gasteiger partial charge in [0.1, 0.15) is 16.9 Å². The van der Waals surface area contributed by atoms with Crippen molar-refractivity contribution in [1.29, 1.82) is 0 Å². The van der Waals surface area contributed by atoms with Crippen molar-refractivity contribution in [2.24, 2.45) is 5.10 Å². The first kappa shape index (κ1) is 25.7. The number of benzene rings is 2. The highest BCUT2D eigenvalue weighted by molar-refractivity contribution is 6.10. The minimum absolute atomic E-state index is 0.153. The summed E-state index contributed by atoms with van der Waals surface area (Å²) in [6.45, 7) is 2.70. The molecule has 0 fully saturated rings. The van der Waals surface area contributed by atoms with Crippen molar-refractivity contribution in [3.63, 3.8) is 0 Å². The summed E-state index contributed by atoms with van der Waals surface area (Å²) in [4.78, 5) is 22.6. The van der Waals surface area contributed by atoms with Crippen LogP contribution < -0.4 is 25.3 Å². The lowest BCUT2D eigenvalue weighted by atomic mass is 10.2. The molecule has 0 bridgehead atoms. The minimum Gasteiger partial charge on any atom is -0.493 e. The van der Waals surface area contributed by atoms with Gasteiger partial charge in [-0.15, -0.1) is 0 Å². The topological polar surface area (TPSA) is 126 Å². The number of carbonyl (C=O) groups excluding carboxylic acids is 1. The van der Waals surface area contributed by atoms with E-state index in [9.17, 15) is 4.79 Å². The number of para-hydroxylation sites is 2. The van der Waals surface area contributed by atoms with Crippen LogP contribution >= 0.6 is 0 Å². The molecule has 0 saturated heterocycles. The van der Waals surface area contributed by atoms with Crippen molar-refractivity contribution >= 4 is 40.1 Å². The van der Waals surface area contributed by atoms with Crippen LogP contribution in [0.5, 0.6) is 17.2 Å². The lowest BCUT2D eigenvalue weighted by Crippen LogP contribution is -2.25. The molecule has 10 nitrogen and oxygen atoms in total. The van der Waals surface area contributed by atoms with E-state index in [1.54, 1.807) is 39.7 Å². The number of ether oxygens (including phenoxy) is 3. The van der Waals surface area contributed by atoms with Gasteiger partial charge in [0.05, 0.1) is 38.6 Å². The van der Waals surface area contributed by atoms with Gasteiger partial charge in [-0.1, -0.05) is 38.3 Å². The van der Waals surface area contributed by atoms with E-state index in [1.807, 2.05) is 24.3 Å². The van der Waals surface area contributed by atoms with Gasteiger partial charge in [0, 0.05) is 12.1 Å². The summed E-state index contributed by atoms with van der Waals surface area (Å²) in [5.74, 6) is 1.30. The standard InChI is InChI=1S/C27H32N6O4/c1-5-6-7-10-13-29-27(34)22-23-26(32-19-12-9-8-11-18(19)31-23)33(25(22)28)30-16-17-14-20(35-2)24(37-4)21(15-17)36-3/h8-9,11-12,14-16H,5-7,10,13,28H2,1-4H3,(H,29,34)/b30-16+. The number of anilines is 1. The van der Waals surface area contributed by atoms with Crippen LogP contribution in [0.15, 0.2) is 41.5 Å². The molecule has 1 amide bonds. The second-order valence-electron chi connectivity index (χ2n) is 8.48. The first-order valence-electron chi connectivity index (χ1n) is 12.2. The number of nitrogens with one attached hydrogen (secondary N) is 1. The van der Waals surface area contributed by atoms with Crippen LogP contribution in [0.1, 0.15) is 48.5 Å². The number of carbonyl (C=O) groups is 1. The Hall–Kier alpha value is -4.34. The summed E-state index contributed by atoms with van der Waals surface area (Å²) < 4.78 is 17.7. The number of fused-ring (bicyclic) bond motifs is 2. The average molecular weight is 505 g/mol. The molecule has 37 heavy (non-hydrogen) atoms. The number of unbranched alkanes of at least 4 members (excludes halogenated alkanes) is 3. The van der Waals surface area contributed by atoms with E-state index in [4.69, 9.17) is 29.9 Å². The fourth-order valence-corrected chi connectivity index (χ4v) is 4.13. The highest BCUT2D eigenvalue weighted by Crippen LogP contribution is 2.38. The first-order valence-corrected chi connectivity index (χ1v) is 12.2. The van der Waals surface area contributed by atoms with Crippen LogP contribution in [-0.4, -0.2) is 54.6 Å². The van der Waals surface area contributed by atoms with Gasteiger partial charge < -0.3 is 25.3 Å². The maximum absolute atomic E-state index is 13.2. The van der Waals surface area contributed by atoms with E-state index in [2.05, 4.69) is 17.3 Å². The molecule has 0 saturated carbocycles. The van der Waals surface area contributed by atoms with Gasteiger partial charge in [0.2, 0.25) is 5.75 Å². The van der Waals surface area contributed by atoms with Crippen molar-refractivity contribution in [3.05, 3.63) is 47.5 Å². The smallest absolute Gasteiger partial charge is 0.257 e. The number of hydrogen-bond acceptors (Lipinski definition) is 8. The van der Waals surface area contributed by atoms with Gasteiger partial charge in [-0.25, -0.2) is 9.97 Å². The highest BCUT2D eigenvalue weighted by Gasteiger charge is 2.24. The normalized spacial score (nSPS) is 11.4. The molecule has 0 spiro atoms. The van der Waals surface area contributed by atoms with Crippen molar-refractivity contribution < 1.29 is 19.0 Å². The second-order valence-corrected chi connectivity index (χ2v) is 8.48. The van der Waals surface area contributed by atoms with E-state index in [0.29, 0.717) is 51.6 Å². The maximum Gasteiger partial charge on any atom is 0.257 e. The minimum atomic E-state index is -0.301. The van der Waals surface area contributed by atoms with E-state index in [1.165, 1.54) is 4.68 Å². The largest absolute Gasteiger partial charge is 0.493 e. The molecule has 2 aromatic carbocycles. The lowest BCUT2D eigenvalue weighted by Gasteiger charge is -2.12. The number of hydrogen-bond donors (Lipinski definition) is 2. The monoisotopic (exact) mass is 504 g/mol. The van der Waals surface area contributed by atoms with Crippen LogP contribution in [0.4, 0.5) is 5.82 Å². The molecule has 3 N–H and O–H groups in total. The summed E-state index contributed by atoms with van der Waals surface area (Å²) in [6, 6.07) is 11.0. The summed E-state index contributed by atoms with van der Waals surface area (Å²) in [6.07, 6.45) is 5.79. The molecule has 2 aromatic heterocycles. The third kappa shape index (κ3) is 5.28. The molecule has 194 valence electrons. The predicted molar refractivity (Wildman–Crippen MR) is 145 cm³/mol. The number of nitrogens with zero attached hydrogens (tertiary/aromatic N) is 4. The van der Waals surface area contributed by atoms with Crippen molar-refractivity contribution in [1.82, 2.24) is 20.0 Å². The number of nitrogen functional groups attached to an aromatic ring is 1. The zero-order chi connectivity index (χ0) is 26.4. The summed E-state index contributed by atoms with van der Waals surface area (Å²) in [5.41, 5.74) is 9.53. The Morgan fingerprint density at radius 3 is 2.32 bits per heavy atom. The Bertz CT molecular complexity index is 1420. The maximum atomic E-state index is 13.2. The molecule has 0 aliphatic carbocycles. The summed E-state index contributed by atoms with van der Waals surface area (Å²) in [7, 11) is 4.63. The Balaban J connectivity index is 1.78. The van der Waals surface area contributed by atoms with E-state index in [-0.39, 0.29) is 17.3 Å². The number of rotatable bonds is 11. The number of aromatic nitrogens is 3. The molecule has 0 aliphatic heterocycles. The van der Waals surface area contributed by atoms with E-state index in [0.717, 1.165) is 25.7 Å². The number of nitrogens with two attached hydrogens (primary N) is 1. The SMILES string of the molecule is CCCCCCNC(=O)c1c(N)n(/N=C/c2cc(OC)c(OC)c(OC)c2)c2nc3ccccc3nc12. The van der Waals surface area contributed by atoms with Crippen LogP contribution in [0.3, 0.4) is 0 Å². The quantitative estimate of drug-likeness (QED) is 0.229. The molecule has 4 aromatic rings. The number of methoxy groups -OCH3 is 3. The fraction of sp³-hybridized carbons (Fsp3) is 0.333. The van der Waals surface area contributed by atoms with Crippen LogP contribution in [0, 0.1) is 0 Å². The Labute approximate surface area is 215 Å². The van der Waals surface area contributed by atoms with Gasteiger partial charge in [-0.2, -0.15) is 9.78 Å². The molecule has 0 atom stereocenters. The molecular formula is C27H32N6O4. The van der Waals surface area contributed by atoms with Gasteiger partial charge in [-0.05, 0) is 30.7 Å².